The number of nitrogens with zero attached hydrogens (tertiary/aromatic N) is 1. The van der Waals surface area contributed by atoms with Gasteiger partial charge >= 0.3 is 10.4 Å². The lowest BCUT2D eigenvalue weighted by atomic mass is 9.82. The molecule has 2 rings (SSSR count). The third kappa shape index (κ3) is 7.02. The molecule has 13 heteroatoms. The van der Waals surface area contributed by atoms with Crippen molar-refractivity contribution in [1.82, 2.24) is 0 Å². The van der Waals surface area contributed by atoms with Gasteiger partial charge in [0, 0.05) is 6.42 Å². The molecule has 31 heavy (non-hydrogen) atoms. The summed E-state index contributed by atoms with van der Waals surface area (Å²) in [6, 6.07) is 7.15. The predicted octanol–water partition coefficient (Wildman–Crippen LogP) is 0.0289. The van der Waals surface area contributed by atoms with Gasteiger partial charge in [0.15, 0.2) is 0 Å². The molecule has 11 nitrogen and oxygen atoms in total. The minimum Gasteiger partial charge on any atom is -0.497 e. The quantitative estimate of drug-likeness (QED) is 0.147. The van der Waals surface area contributed by atoms with Crippen molar-refractivity contribution >= 4 is 27.2 Å². The Balaban J connectivity index is 2.28. The molecule has 0 amide bonds. The topological polar surface area (TPSA) is 175 Å². The number of oxime groups is 1. The Kier molecular flexibility index (Phi) is 8.69. The number of ether oxygens (including phenoxy) is 2. The maximum atomic E-state index is 11.0. The summed E-state index contributed by atoms with van der Waals surface area (Å²) in [6.07, 6.45) is -5.77. The van der Waals surface area contributed by atoms with Crippen LogP contribution in [0.5, 0.6) is 5.75 Å². The predicted molar refractivity (Wildman–Crippen MR) is 112 cm³/mol. The van der Waals surface area contributed by atoms with Gasteiger partial charge in [-0.15, -0.1) is 0 Å². The summed E-state index contributed by atoms with van der Waals surface area (Å²) in [6.45, 7) is 3.09. The first-order valence-corrected chi connectivity index (χ1v) is 11.5. The Morgan fingerprint density at radius 2 is 1.77 bits per heavy atom. The van der Waals surface area contributed by atoms with E-state index in [0.29, 0.717) is 5.75 Å². The van der Waals surface area contributed by atoms with Crippen LogP contribution >= 0.6 is 11.8 Å². The minimum absolute atomic E-state index is 0.0165. The van der Waals surface area contributed by atoms with Gasteiger partial charge in [0.2, 0.25) is 0 Å². The van der Waals surface area contributed by atoms with Gasteiger partial charge in [0.1, 0.15) is 40.6 Å². The van der Waals surface area contributed by atoms with Crippen LogP contribution in [-0.2, 0) is 24.8 Å². The fourth-order valence-electron chi connectivity index (χ4n) is 3.01. The van der Waals surface area contributed by atoms with Gasteiger partial charge in [-0.1, -0.05) is 42.9 Å². The van der Waals surface area contributed by atoms with Crippen molar-refractivity contribution in [2.75, 3.05) is 13.7 Å². The molecule has 5 atom stereocenters. The molecular formula is C18H27NO10S2. The molecule has 0 spiro atoms. The summed E-state index contributed by atoms with van der Waals surface area (Å²) in [4.78, 5) is 0. The molecule has 0 radical (unpaired) electrons. The van der Waals surface area contributed by atoms with Crippen LogP contribution < -0.4 is 4.74 Å². The van der Waals surface area contributed by atoms with Crippen LogP contribution in [0, 0.1) is 0 Å². The van der Waals surface area contributed by atoms with Crippen molar-refractivity contribution in [3.63, 3.8) is 0 Å². The van der Waals surface area contributed by atoms with Gasteiger partial charge in [-0.05, 0) is 23.1 Å². The number of methoxy groups -OCH3 is 1. The van der Waals surface area contributed by atoms with E-state index in [1.807, 2.05) is 26.0 Å². The number of rotatable bonds is 8. The second-order valence-electron chi connectivity index (χ2n) is 7.59. The van der Waals surface area contributed by atoms with E-state index in [0.717, 1.165) is 17.3 Å². The van der Waals surface area contributed by atoms with E-state index in [1.165, 1.54) is 7.11 Å². The lowest BCUT2D eigenvalue weighted by Gasteiger charge is -2.39. The SMILES string of the molecule is COc1ccc(C(C)(C)CC(=NOS(=O)(=O)O)SC2OC(CO)C(O)C(O)C2O)cc1. The molecule has 0 aliphatic carbocycles. The lowest BCUT2D eigenvalue weighted by Crippen LogP contribution is -2.57. The summed E-state index contributed by atoms with van der Waals surface area (Å²) >= 11 is 0.739. The standard InChI is InChI=1S/C18H27NO10S2/c1-18(2,10-4-6-11(27-3)7-5-10)8-13(19-29-31(24,25)26)30-17-16(23)15(22)14(21)12(9-20)28-17/h4-7,12,14-17,20-23H,8-9H2,1-3H3,(H,24,25,26). The molecule has 1 aliphatic heterocycles. The molecule has 1 saturated heterocycles. The average molecular weight is 482 g/mol. The first-order valence-electron chi connectivity index (χ1n) is 9.22. The molecule has 5 N–H and O–H groups in total. The molecule has 0 saturated carbocycles. The highest BCUT2D eigenvalue weighted by Gasteiger charge is 2.44. The molecule has 0 aromatic heterocycles. The zero-order valence-corrected chi connectivity index (χ0v) is 18.8. The normalized spacial score (nSPS) is 27.7. The largest absolute Gasteiger partial charge is 0.497 e. The van der Waals surface area contributed by atoms with Crippen molar-refractivity contribution < 1.29 is 47.2 Å². The minimum atomic E-state index is -4.89. The van der Waals surface area contributed by atoms with Crippen LogP contribution in [0.2, 0.25) is 0 Å². The maximum Gasteiger partial charge on any atom is 0.466 e. The molecule has 1 aromatic carbocycles. The van der Waals surface area contributed by atoms with Crippen LogP contribution in [0.15, 0.2) is 29.4 Å². The third-order valence-electron chi connectivity index (χ3n) is 4.80. The Hall–Kier alpha value is -1.45. The van der Waals surface area contributed by atoms with Crippen molar-refractivity contribution in [3.05, 3.63) is 29.8 Å². The highest BCUT2D eigenvalue weighted by atomic mass is 32.3. The van der Waals surface area contributed by atoms with Crippen molar-refractivity contribution in [1.29, 1.82) is 0 Å². The highest BCUT2D eigenvalue weighted by Crippen LogP contribution is 2.35. The lowest BCUT2D eigenvalue weighted by molar-refractivity contribution is -0.205. The van der Waals surface area contributed by atoms with Gasteiger partial charge in [-0.2, -0.15) is 8.42 Å². The van der Waals surface area contributed by atoms with E-state index in [4.69, 9.17) is 14.0 Å². The fourth-order valence-corrected chi connectivity index (χ4v) is 4.53. The summed E-state index contributed by atoms with van der Waals surface area (Å²) < 4.78 is 45.6. The first-order chi connectivity index (χ1) is 14.4. The van der Waals surface area contributed by atoms with Crippen LogP contribution in [0.4, 0.5) is 0 Å². The van der Waals surface area contributed by atoms with E-state index in [1.54, 1.807) is 12.1 Å². The van der Waals surface area contributed by atoms with E-state index < -0.39 is 52.3 Å². The number of aliphatic hydroxyl groups is 4. The number of hydrogen-bond acceptors (Lipinski definition) is 11. The molecule has 176 valence electrons. The number of hydrogen-bond donors (Lipinski definition) is 5. The Labute approximate surface area is 184 Å². The maximum absolute atomic E-state index is 11.0. The van der Waals surface area contributed by atoms with Crippen LogP contribution in [0.25, 0.3) is 0 Å². The van der Waals surface area contributed by atoms with Crippen LogP contribution in [0.1, 0.15) is 25.8 Å². The molecule has 1 aromatic rings. The molecule has 0 bridgehead atoms. The van der Waals surface area contributed by atoms with Gasteiger partial charge in [0.05, 0.1) is 13.7 Å². The number of benzene rings is 1. The zero-order valence-electron chi connectivity index (χ0n) is 17.2. The number of thioether (sulfide) groups is 1. The fraction of sp³-hybridized carbons (Fsp3) is 0.611. The average Bonchev–Trinajstić information content (AvgIpc) is 2.71. The summed E-state index contributed by atoms with van der Waals surface area (Å²) in [7, 11) is -3.35. The van der Waals surface area contributed by atoms with Crippen LogP contribution in [-0.4, -0.2) is 82.0 Å². The van der Waals surface area contributed by atoms with Crippen LogP contribution in [0.3, 0.4) is 0 Å². The van der Waals surface area contributed by atoms with Crippen molar-refractivity contribution in [3.8, 4) is 5.75 Å². The van der Waals surface area contributed by atoms with Gasteiger partial charge in [0.25, 0.3) is 0 Å². The second kappa shape index (κ2) is 10.4. The Bertz CT molecular complexity index is 857. The molecular weight excluding hydrogens is 454 g/mol. The van der Waals surface area contributed by atoms with Gasteiger partial charge in [-0.3, -0.25) is 4.55 Å². The molecule has 1 fully saturated rings. The molecule has 1 aliphatic rings. The van der Waals surface area contributed by atoms with Gasteiger partial charge in [-0.25, -0.2) is 4.28 Å². The van der Waals surface area contributed by atoms with E-state index in [-0.39, 0.29) is 11.5 Å². The zero-order chi connectivity index (χ0) is 23.4. The summed E-state index contributed by atoms with van der Waals surface area (Å²) in [5.74, 6) is 0.652. The van der Waals surface area contributed by atoms with Crippen molar-refractivity contribution in [2.24, 2.45) is 5.16 Å². The monoisotopic (exact) mass is 481 g/mol. The van der Waals surface area contributed by atoms with E-state index >= 15 is 0 Å². The summed E-state index contributed by atoms with van der Waals surface area (Å²) in [5.41, 5.74) is -0.970. The molecule has 5 unspecified atom stereocenters. The summed E-state index contributed by atoms with van der Waals surface area (Å²) in [5, 5.41) is 43.0. The first kappa shape index (κ1) is 25.8. The molecule has 1 heterocycles. The van der Waals surface area contributed by atoms with E-state index in [9.17, 15) is 28.8 Å². The Morgan fingerprint density at radius 3 is 2.29 bits per heavy atom. The van der Waals surface area contributed by atoms with Crippen molar-refractivity contribution in [2.45, 2.75) is 55.5 Å². The van der Waals surface area contributed by atoms with Gasteiger partial charge < -0.3 is 29.9 Å². The smallest absolute Gasteiger partial charge is 0.466 e. The third-order valence-corrected chi connectivity index (χ3v) is 6.17. The Morgan fingerprint density at radius 1 is 1.16 bits per heavy atom. The van der Waals surface area contributed by atoms with E-state index in [2.05, 4.69) is 9.44 Å². The second-order valence-corrected chi connectivity index (χ2v) is 9.77. The number of aliphatic hydroxyl groups excluding tert-OH is 4. The highest BCUT2D eigenvalue weighted by molar-refractivity contribution is 8.14.